The summed E-state index contributed by atoms with van der Waals surface area (Å²) in [5.74, 6) is 0.638. The van der Waals surface area contributed by atoms with Gasteiger partial charge in [-0.05, 0) is 48.9 Å². The number of thioether (sulfide) groups is 1. The van der Waals surface area contributed by atoms with E-state index < -0.39 is 0 Å². The standard InChI is InChI=1S/C16H18ClNO4S/c1-5-9(2)22-14-11(17)6-10(7-12(14)21-4)8-13-15(19)18(3)16(20)23-13/h6-9H,5H2,1-4H3/b13-8+/t9-/m0/s1. The molecule has 1 fully saturated rings. The van der Waals surface area contributed by atoms with Crippen LogP contribution in [0.5, 0.6) is 11.5 Å². The summed E-state index contributed by atoms with van der Waals surface area (Å²) in [6.45, 7) is 3.96. The number of halogens is 1. The van der Waals surface area contributed by atoms with E-state index >= 15 is 0 Å². The van der Waals surface area contributed by atoms with E-state index in [0.717, 1.165) is 23.1 Å². The molecule has 1 atom stereocenters. The summed E-state index contributed by atoms with van der Waals surface area (Å²) < 4.78 is 11.1. The monoisotopic (exact) mass is 355 g/mol. The lowest BCUT2D eigenvalue weighted by Gasteiger charge is -2.17. The molecule has 5 nitrogen and oxygen atoms in total. The van der Waals surface area contributed by atoms with Crippen LogP contribution >= 0.6 is 23.4 Å². The topological polar surface area (TPSA) is 55.8 Å². The number of carbonyl (C=O) groups excluding carboxylic acids is 2. The number of hydrogen-bond donors (Lipinski definition) is 0. The van der Waals surface area contributed by atoms with E-state index in [0.29, 0.717) is 27.0 Å². The molecular weight excluding hydrogens is 338 g/mol. The molecule has 124 valence electrons. The smallest absolute Gasteiger partial charge is 0.293 e. The minimum atomic E-state index is -0.324. The molecule has 1 saturated heterocycles. The van der Waals surface area contributed by atoms with E-state index in [1.165, 1.54) is 14.2 Å². The van der Waals surface area contributed by atoms with Crippen LogP contribution in [-0.2, 0) is 4.79 Å². The Labute approximate surface area is 144 Å². The molecule has 1 heterocycles. The third-order valence-electron chi connectivity index (χ3n) is 3.43. The zero-order valence-corrected chi connectivity index (χ0v) is 15.0. The third-order valence-corrected chi connectivity index (χ3v) is 4.67. The van der Waals surface area contributed by atoms with Gasteiger partial charge in [0, 0.05) is 7.05 Å². The van der Waals surface area contributed by atoms with E-state index in [9.17, 15) is 9.59 Å². The van der Waals surface area contributed by atoms with Gasteiger partial charge in [-0.25, -0.2) is 0 Å². The molecule has 2 amide bonds. The van der Waals surface area contributed by atoms with Gasteiger partial charge in [0.25, 0.3) is 11.1 Å². The number of likely N-dealkylation sites (N-methyl/N-ethyl adjacent to an activating group) is 1. The maximum Gasteiger partial charge on any atom is 0.293 e. The Hall–Kier alpha value is -1.66. The van der Waals surface area contributed by atoms with Crippen LogP contribution in [0.15, 0.2) is 17.0 Å². The fourth-order valence-electron chi connectivity index (χ4n) is 1.92. The van der Waals surface area contributed by atoms with E-state index in [4.69, 9.17) is 21.1 Å². The average Bonchev–Trinajstić information content (AvgIpc) is 2.76. The summed E-state index contributed by atoms with van der Waals surface area (Å²) in [7, 11) is 2.98. The number of carbonyl (C=O) groups is 2. The first-order valence-corrected chi connectivity index (χ1v) is 8.32. The number of rotatable bonds is 5. The highest BCUT2D eigenvalue weighted by Crippen LogP contribution is 2.39. The predicted molar refractivity (Wildman–Crippen MR) is 92.1 cm³/mol. The van der Waals surface area contributed by atoms with Gasteiger partial charge >= 0.3 is 0 Å². The number of methoxy groups -OCH3 is 1. The summed E-state index contributed by atoms with van der Waals surface area (Å²) in [4.78, 5) is 24.9. The zero-order valence-electron chi connectivity index (χ0n) is 13.4. The van der Waals surface area contributed by atoms with Gasteiger partial charge in [-0.2, -0.15) is 0 Å². The van der Waals surface area contributed by atoms with Gasteiger partial charge in [-0.1, -0.05) is 18.5 Å². The Bertz CT molecular complexity index is 674. The molecule has 2 rings (SSSR count). The lowest BCUT2D eigenvalue weighted by Crippen LogP contribution is -2.22. The van der Waals surface area contributed by atoms with Crippen LogP contribution in [0, 0.1) is 0 Å². The minimum absolute atomic E-state index is 0.00356. The van der Waals surface area contributed by atoms with Gasteiger partial charge in [0.1, 0.15) is 0 Å². The van der Waals surface area contributed by atoms with Crippen molar-refractivity contribution in [3.63, 3.8) is 0 Å². The molecule has 1 aromatic rings. The molecule has 0 aromatic heterocycles. The number of imide groups is 1. The summed E-state index contributed by atoms with van der Waals surface area (Å²) in [6, 6.07) is 3.42. The molecule has 0 radical (unpaired) electrons. The maximum atomic E-state index is 11.9. The first kappa shape index (κ1) is 17.7. The van der Waals surface area contributed by atoms with Crippen LogP contribution in [0.3, 0.4) is 0 Å². The first-order valence-electron chi connectivity index (χ1n) is 7.13. The van der Waals surface area contributed by atoms with Crippen molar-refractivity contribution in [2.45, 2.75) is 26.4 Å². The van der Waals surface area contributed by atoms with Crippen LogP contribution in [-0.4, -0.2) is 36.3 Å². The van der Waals surface area contributed by atoms with Gasteiger partial charge in [0.05, 0.1) is 23.1 Å². The average molecular weight is 356 g/mol. The zero-order chi connectivity index (χ0) is 17.1. The van der Waals surface area contributed by atoms with Crippen LogP contribution < -0.4 is 9.47 Å². The summed E-state index contributed by atoms with van der Waals surface area (Å²) in [6.07, 6.45) is 2.46. The lowest BCUT2D eigenvalue weighted by molar-refractivity contribution is -0.121. The first-order chi connectivity index (χ1) is 10.9. The largest absolute Gasteiger partial charge is 0.493 e. The summed E-state index contributed by atoms with van der Waals surface area (Å²) in [5, 5.41) is 0.0997. The Morgan fingerprint density at radius 2 is 2.09 bits per heavy atom. The molecule has 0 saturated carbocycles. The Morgan fingerprint density at radius 1 is 1.39 bits per heavy atom. The molecule has 0 aliphatic carbocycles. The van der Waals surface area contributed by atoms with Crippen molar-refractivity contribution >= 4 is 40.6 Å². The maximum absolute atomic E-state index is 11.9. The van der Waals surface area contributed by atoms with Crippen LogP contribution in [0.25, 0.3) is 6.08 Å². The lowest BCUT2D eigenvalue weighted by atomic mass is 10.1. The number of nitrogens with zero attached hydrogens (tertiary/aromatic N) is 1. The van der Waals surface area contributed by atoms with Gasteiger partial charge in [-0.3, -0.25) is 14.5 Å². The van der Waals surface area contributed by atoms with E-state index in [1.807, 2.05) is 13.8 Å². The summed E-state index contributed by atoms with van der Waals surface area (Å²) >= 11 is 7.19. The van der Waals surface area contributed by atoms with Crippen LogP contribution in [0.4, 0.5) is 4.79 Å². The molecule has 0 bridgehead atoms. The molecule has 1 aromatic carbocycles. The minimum Gasteiger partial charge on any atom is -0.493 e. The highest BCUT2D eigenvalue weighted by Gasteiger charge is 2.31. The van der Waals surface area contributed by atoms with Crippen LogP contribution in [0.2, 0.25) is 5.02 Å². The predicted octanol–water partition coefficient (Wildman–Crippen LogP) is 4.19. The second-order valence-corrected chi connectivity index (χ2v) is 6.51. The van der Waals surface area contributed by atoms with E-state index in [-0.39, 0.29) is 17.3 Å². The second kappa shape index (κ2) is 7.27. The Balaban J connectivity index is 2.37. The number of amides is 2. The molecule has 1 aliphatic rings. The molecular formula is C16H18ClNO4S. The van der Waals surface area contributed by atoms with Crippen molar-refractivity contribution in [2.75, 3.05) is 14.2 Å². The van der Waals surface area contributed by atoms with Crippen molar-refractivity contribution in [2.24, 2.45) is 0 Å². The highest BCUT2D eigenvalue weighted by atomic mass is 35.5. The SMILES string of the molecule is CC[C@H](C)Oc1c(Cl)cc(/C=C2/SC(=O)N(C)C2=O)cc1OC. The van der Waals surface area contributed by atoms with Crippen molar-refractivity contribution < 1.29 is 19.1 Å². The molecule has 0 spiro atoms. The van der Waals surface area contributed by atoms with Gasteiger partial charge in [0.2, 0.25) is 0 Å². The fraction of sp³-hybridized carbons (Fsp3) is 0.375. The van der Waals surface area contributed by atoms with Gasteiger partial charge in [-0.15, -0.1) is 0 Å². The Kier molecular flexibility index (Phi) is 5.59. The van der Waals surface area contributed by atoms with E-state index in [1.54, 1.807) is 18.2 Å². The normalized spacial score (nSPS) is 17.8. The molecule has 0 unspecified atom stereocenters. The third kappa shape index (κ3) is 3.82. The van der Waals surface area contributed by atoms with Crippen molar-refractivity contribution in [3.8, 4) is 11.5 Å². The quantitative estimate of drug-likeness (QED) is 0.741. The van der Waals surface area contributed by atoms with E-state index in [2.05, 4.69) is 0 Å². The van der Waals surface area contributed by atoms with Crippen molar-refractivity contribution in [1.29, 1.82) is 0 Å². The second-order valence-electron chi connectivity index (χ2n) is 5.11. The van der Waals surface area contributed by atoms with Crippen molar-refractivity contribution in [3.05, 3.63) is 27.6 Å². The fourth-order valence-corrected chi connectivity index (χ4v) is 3.01. The summed E-state index contributed by atoms with van der Waals surface area (Å²) in [5.41, 5.74) is 0.669. The van der Waals surface area contributed by atoms with Crippen LogP contribution in [0.1, 0.15) is 25.8 Å². The Morgan fingerprint density at radius 3 is 2.61 bits per heavy atom. The number of hydrogen-bond acceptors (Lipinski definition) is 5. The molecule has 1 aliphatic heterocycles. The molecule has 23 heavy (non-hydrogen) atoms. The highest BCUT2D eigenvalue weighted by molar-refractivity contribution is 8.18. The number of benzene rings is 1. The van der Waals surface area contributed by atoms with Gasteiger partial charge in [0.15, 0.2) is 11.5 Å². The van der Waals surface area contributed by atoms with Gasteiger partial charge < -0.3 is 9.47 Å². The number of ether oxygens (including phenoxy) is 2. The molecule has 0 N–H and O–H groups in total. The van der Waals surface area contributed by atoms with Crippen molar-refractivity contribution in [1.82, 2.24) is 4.90 Å². The molecule has 7 heteroatoms.